The molecule has 48 heavy (non-hydrogen) atoms. The third kappa shape index (κ3) is 7.78. The lowest BCUT2D eigenvalue weighted by Gasteiger charge is -2.30. The van der Waals surface area contributed by atoms with E-state index in [4.69, 9.17) is 38.5 Å². The lowest BCUT2D eigenvalue weighted by Crippen LogP contribution is -2.49. The molecular weight excluding hydrogens is 649 g/mol. The number of benzene rings is 1. The molecule has 16 nitrogen and oxygen atoms in total. The van der Waals surface area contributed by atoms with Gasteiger partial charge in [0.05, 0.1) is 30.1 Å². The van der Waals surface area contributed by atoms with Crippen LogP contribution in [0.5, 0.6) is 5.75 Å². The van der Waals surface area contributed by atoms with Crippen molar-refractivity contribution in [1.82, 2.24) is 14.7 Å². The van der Waals surface area contributed by atoms with Crippen LogP contribution in [0.15, 0.2) is 54.7 Å². The van der Waals surface area contributed by atoms with E-state index in [0.717, 1.165) is 13.8 Å². The summed E-state index contributed by atoms with van der Waals surface area (Å²) in [5.41, 5.74) is 5.09. The number of hydrogen-bond donors (Lipinski definition) is 2. The summed E-state index contributed by atoms with van der Waals surface area (Å²) in [5.74, 6) is -2.18. The van der Waals surface area contributed by atoms with Crippen molar-refractivity contribution in [2.45, 2.75) is 69.7 Å². The smallest absolute Gasteiger partial charge is 0.459 e. The molecule has 3 aromatic rings. The van der Waals surface area contributed by atoms with Gasteiger partial charge < -0.3 is 33.9 Å². The number of carbonyl (C=O) groups excluding carboxylic acids is 3. The van der Waals surface area contributed by atoms with Crippen LogP contribution in [-0.4, -0.2) is 77.3 Å². The molecule has 0 spiro atoms. The van der Waals surface area contributed by atoms with E-state index in [-0.39, 0.29) is 11.9 Å². The minimum absolute atomic E-state index is 0.118. The van der Waals surface area contributed by atoms with Crippen molar-refractivity contribution >= 4 is 36.9 Å². The first-order chi connectivity index (χ1) is 22.9. The first-order valence-corrected chi connectivity index (χ1v) is 16.7. The molecule has 0 amide bonds. The summed E-state index contributed by atoms with van der Waals surface area (Å²) in [6.45, 7) is 3.71. The van der Waals surface area contributed by atoms with E-state index in [1.165, 1.54) is 29.8 Å². The number of nitrogens with one attached hydrogen (secondary N) is 1. The Balaban J connectivity index is 1.47. The molecule has 2 aliphatic heterocycles. The van der Waals surface area contributed by atoms with Crippen LogP contribution in [0.4, 0.5) is 5.69 Å². The van der Waals surface area contributed by atoms with Crippen LogP contribution in [0.2, 0.25) is 0 Å². The summed E-state index contributed by atoms with van der Waals surface area (Å²) in [4.78, 5) is 37.7. The predicted molar refractivity (Wildman–Crippen MR) is 166 cm³/mol. The van der Waals surface area contributed by atoms with Gasteiger partial charge in [-0.1, -0.05) is 18.2 Å². The number of hydrogen-bond acceptors (Lipinski definition) is 14. The summed E-state index contributed by atoms with van der Waals surface area (Å²) in [5, 5.41) is 17.5. The molecule has 17 heteroatoms. The summed E-state index contributed by atoms with van der Waals surface area (Å²) in [7, 11) is -4.54. The van der Waals surface area contributed by atoms with E-state index >= 15 is 0 Å². The molecule has 0 radical (unpaired) electrons. The Bertz CT molecular complexity index is 1720. The zero-order valence-electron chi connectivity index (χ0n) is 26.5. The van der Waals surface area contributed by atoms with Gasteiger partial charge in [-0.05, 0) is 37.3 Å². The second-order valence-electron chi connectivity index (χ2n) is 11.3. The number of para-hydroxylation sites is 1. The highest BCUT2D eigenvalue weighted by molar-refractivity contribution is 7.52. The second-order valence-corrected chi connectivity index (χ2v) is 13.0. The van der Waals surface area contributed by atoms with E-state index in [0.29, 0.717) is 43.0 Å². The van der Waals surface area contributed by atoms with E-state index in [1.54, 1.807) is 36.4 Å². The fourth-order valence-electron chi connectivity index (χ4n) is 5.42. The van der Waals surface area contributed by atoms with Gasteiger partial charge in [-0.2, -0.15) is 15.4 Å². The number of nitriles is 1. The Labute approximate surface area is 275 Å². The summed E-state index contributed by atoms with van der Waals surface area (Å²) >= 11 is 0. The zero-order chi connectivity index (χ0) is 34.5. The molecule has 2 aromatic heterocycles. The van der Waals surface area contributed by atoms with Gasteiger partial charge >= 0.3 is 25.7 Å². The van der Waals surface area contributed by atoms with Crippen LogP contribution >= 0.6 is 7.75 Å². The normalized spacial score (nSPS) is 24.6. The highest BCUT2D eigenvalue weighted by Gasteiger charge is 2.62. The molecule has 0 aliphatic carbocycles. The molecule has 4 heterocycles. The number of rotatable bonds is 12. The Morgan fingerprint density at radius 2 is 1.81 bits per heavy atom. The number of carbonyl (C=O) groups is 3. The number of esters is 3. The minimum Gasteiger partial charge on any atom is -0.461 e. The standard InChI is InChI=1S/C31H36N5O11P/c1-19(30(39)45-22-12-15-41-16-13-22)35-48(40,47-23-7-5-4-6-8-23)42-18-31(17-32)29(44-21(3)38)28(43-20(2)37)27(46-31)26-10-9-25-24(33)11-14-34-36(25)26/h4-11,14,19,22,27-29H,12-13,15-16,18,33H2,1-3H3,(H,35,40)/t19-,27-,28-,29-,31+,48+/m0/s1. The van der Waals surface area contributed by atoms with Gasteiger partial charge in [0.2, 0.25) is 5.60 Å². The second kappa shape index (κ2) is 14.7. The van der Waals surface area contributed by atoms with Crippen LogP contribution in [0, 0.1) is 11.3 Å². The van der Waals surface area contributed by atoms with Crippen molar-refractivity contribution in [3.8, 4) is 11.8 Å². The summed E-state index contributed by atoms with van der Waals surface area (Å²) in [6, 6.07) is 13.6. The zero-order valence-corrected chi connectivity index (χ0v) is 27.4. The number of anilines is 1. The number of aromatic nitrogens is 2. The minimum atomic E-state index is -4.54. The van der Waals surface area contributed by atoms with Crippen LogP contribution in [0.25, 0.3) is 5.52 Å². The van der Waals surface area contributed by atoms with Crippen LogP contribution in [0.1, 0.15) is 45.4 Å². The monoisotopic (exact) mass is 685 g/mol. The van der Waals surface area contributed by atoms with Gasteiger partial charge in [0.15, 0.2) is 12.2 Å². The predicted octanol–water partition coefficient (Wildman–Crippen LogP) is 3.02. The molecule has 0 unspecified atom stereocenters. The lowest BCUT2D eigenvalue weighted by molar-refractivity contribution is -0.166. The molecule has 3 N–H and O–H groups in total. The molecule has 5 rings (SSSR count). The van der Waals surface area contributed by atoms with E-state index < -0.39 is 62.2 Å². The Hall–Kier alpha value is -4.52. The van der Waals surface area contributed by atoms with Crippen molar-refractivity contribution in [3.63, 3.8) is 0 Å². The summed E-state index contributed by atoms with van der Waals surface area (Å²) < 4.78 is 55.6. The van der Waals surface area contributed by atoms with E-state index in [9.17, 15) is 24.2 Å². The molecule has 256 valence electrons. The van der Waals surface area contributed by atoms with Crippen LogP contribution < -0.4 is 15.3 Å². The molecule has 6 atom stereocenters. The van der Waals surface area contributed by atoms with Gasteiger partial charge in [-0.15, -0.1) is 0 Å². The molecule has 2 aliphatic rings. The Morgan fingerprint density at radius 1 is 1.10 bits per heavy atom. The maximum Gasteiger partial charge on any atom is 0.459 e. The van der Waals surface area contributed by atoms with Gasteiger partial charge in [0.1, 0.15) is 36.7 Å². The molecule has 2 fully saturated rings. The van der Waals surface area contributed by atoms with Crippen molar-refractivity contribution in [2.75, 3.05) is 25.6 Å². The number of ether oxygens (including phenoxy) is 5. The van der Waals surface area contributed by atoms with Crippen molar-refractivity contribution in [1.29, 1.82) is 5.26 Å². The maximum absolute atomic E-state index is 14.3. The highest BCUT2D eigenvalue weighted by Crippen LogP contribution is 2.50. The first-order valence-electron chi connectivity index (χ1n) is 15.1. The van der Waals surface area contributed by atoms with Gasteiger partial charge in [-0.25, -0.2) is 9.08 Å². The van der Waals surface area contributed by atoms with Crippen LogP contribution in [0.3, 0.4) is 0 Å². The van der Waals surface area contributed by atoms with Gasteiger partial charge in [0, 0.05) is 32.9 Å². The Morgan fingerprint density at radius 3 is 2.48 bits per heavy atom. The largest absolute Gasteiger partial charge is 0.461 e. The van der Waals surface area contributed by atoms with Crippen molar-refractivity contribution in [2.24, 2.45) is 0 Å². The molecule has 1 aromatic carbocycles. The van der Waals surface area contributed by atoms with E-state index in [2.05, 4.69) is 10.2 Å². The number of fused-ring (bicyclic) bond motifs is 1. The highest BCUT2D eigenvalue weighted by atomic mass is 31.2. The fourth-order valence-corrected chi connectivity index (χ4v) is 6.94. The number of nitrogen functional groups attached to an aromatic ring is 1. The van der Waals surface area contributed by atoms with Crippen molar-refractivity contribution in [3.05, 3.63) is 60.4 Å². The average Bonchev–Trinajstić information content (AvgIpc) is 3.61. The Kier molecular flexibility index (Phi) is 10.7. The SMILES string of the molecule is CC(=O)O[C@H]1[C@H](c2ccc3c(N)ccnn23)O[C@](C#N)(CO[P@](=O)(N[C@@H](C)C(=O)OC2CCOCC2)Oc2ccccc2)[C@H]1OC(C)=O. The summed E-state index contributed by atoms with van der Waals surface area (Å²) in [6.07, 6.45) is -2.12. The first kappa shape index (κ1) is 34.8. The molecule has 2 saturated heterocycles. The third-order valence-electron chi connectivity index (χ3n) is 7.66. The van der Waals surface area contributed by atoms with Crippen LogP contribution in [-0.2, 0) is 47.2 Å². The topological polar surface area (TPSA) is 212 Å². The molecule has 0 bridgehead atoms. The molecule has 0 saturated carbocycles. The van der Waals surface area contributed by atoms with Crippen molar-refractivity contribution < 1.29 is 51.7 Å². The third-order valence-corrected chi connectivity index (χ3v) is 9.28. The molecular formula is C31H36N5O11P. The number of nitrogens with zero attached hydrogens (tertiary/aromatic N) is 3. The maximum atomic E-state index is 14.3. The lowest BCUT2D eigenvalue weighted by atomic mass is 9.95. The van der Waals surface area contributed by atoms with E-state index in [1.807, 2.05) is 6.07 Å². The quantitative estimate of drug-likeness (QED) is 0.159. The van der Waals surface area contributed by atoms with Gasteiger partial charge in [-0.3, -0.25) is 18.9 Å². The van der Waals surface area contributed by atoms with Gasteiger partial charge in [0.25, 0.3) is 0 Å². The average molecular weight is 686 g/mol. The fraction of sp³-hybridized carbons (Fsp3) is 0.452. The number of nitrogens with two attached hydrogens (primary N) is 1.